The van der Waals surface area contributed by atoms with Crippen LogP contribution in [-0.2, 0) is 38.9 Å². The molecule has 2 heterocycles. The summed E-state index contributed by atoms with van der Waals surface area (Å²) in [6.07, 6.45) is 4.91. The van der Waals surface area contributed by atoms with Gasteiger partial charge >= 0.3 is 5.97 Å². The van der Waals surface area contributed by atoms with Crippen LogP contribution in [0.15, 0.2) is 71.9 Å². The van der Waals surface area contributed by atoms with Gasteiger partial charge in [-0.05, 0) is 66.4 Å². The van der Waals surface area contributed by atoms with Crippen LogP contribution in [0.4, 0.5) is 4.39 Å². The molecule has 188 valence electrons. The van der Waals surface area contributed by atoms with Crippen molar-refractivity contribution in [1.29, 1.82) is 0 Å². The lowest BCUT2D eigenvalue weighted by molar-refractivity contribution is -0.140. The molecule has 4 rings (SSSR count). The third kappa shape index (κ3) is 5.63. The number of pyridine rings is 1. The van der Waals surface area contributed by atoms with Crippen LogP contribution < -0.4 is 4.72 Å². The molecular weight excluding hydrogens is 481 g/mol. The molecule has 2 aromatic heterocycles. The van der Waals surface area contributed by atoms with Crippen molar-refractivity contribution in [1.82, 2.24) is 14.3 Å². The van der Waals surface area contributed by atoms with Gasteiger partial charge in [-0.15, -0.1) is 0 Å². The number of nitrogens with one attached hydrogen (secondary N) is 1. The average molecular weight is 510 g/mol. The molecule has 0 fully saturated rings. The van der Waals surface area contributed by atoms with Crippen LogP contribution in [0.5, 0.6) is 0 Å². The molecule has 0 aliphatic rings. The summed E-state index contributed by atoms with van der Waals surface area (Å²) in [6, 6.07) is 14.6. The third-order valence-electron chi connectivity index (χ3n) is 6.24. The zero-order valence-electron chi connectivity index (χ0n) is 20.2. The van der Waals surface area contributed by atoms with Crippen LogP contribution in [0.25, 0.3) is 10.9 Å². The van der Waals surface area contributed by atoms with E-state index in [4.69, 9.17) is 4.74 Å². The Morgan fingerprint density at radius 3 is 2.58 bits per heavy atom. The minimum Gasteiger partial charge on any atom is -0.469 e. The summed E-state index contributed by atoms with van der Waals surface area (Å²) in [7, 11) is -2.39. The molecule has 0 spiro atoms. The molecule has 0 radical (unpaired) electrons. The number of benzene rings is 2. The number of hydrogen-bond acceptors (Lipinski definition) is 5. The van der Waals surface area contributed by atoms with Gasteiger partial charge in [0.05, 0.1) is 18.4 Å². The van der Waals surface area contributed by atoms with Gasteiger partial charge in [0, 0.05) is 48.5 Å². The molecule has 9 heteroatoms. The van der Waals surface area contributed by atoms with Crippen molar-refractivity contribution in [3.05, 3.63) is 95.2 Å². The molecule has 4 aromatic rings. The Balaban J connectivity index is 1.66. The highest BCUT2D eigenvalue weighted by atomic mass is 32.2. The van der Waals surface area contributed by atoms with Crippen molar-refractivity contribution in [3.63, 3.8) is 0 Å². The summed E-state index contributed by atoms with van der Waals surface area (Å²) in [5, 5.41) is 1.05. The number of aryl methyl sites for hydroxylation is 1. The maximum Gasteiger partial charge on any atom is 0.307 e. The number of carbonyl (C=O) groups is 1. The van der Waals surface area contributed by atoms with Crippen LogP contribution in [-0.4, -0.2) is 37.6 Å². The Kier molecular flexibility index (Phi) is 7.81. The van der Waals surface area contributed by atoms with Gasteiger partial charge in [0.2, 0.25) is 10.0 Å². The van der Waals surface area contributed by atoms with Crippen LogP contribution in [0.2, 0.25) is 0 Å². The number of esters is 1. The molecule has 7 nitrogen and oxygen atoms in total. The van der Waals surface area contributed by atoms with Gasteiger partial charge in [0.1, 0.15) is 5.82 Å². The van der Waals surface area contributed by atoms with Crippen molar-refractivity contribution in [2.75, 3.05) is 13.7 Å². The Labute approximate surface area is 210 Å². The van der Waals surface area contributed by atoms with Gasteiger partial charge < -0.3 is 9.30 Å². The van der Waals surface area contributed by atoms with E-state index in [0.29, 0.717) is 19.4 Å². The normalized spacial score (nSPS) is 11.6. The zero-order valence-corrected chi connectivity index (χ0v) is 21.0. The molecular formula is C27H28FN3O4S. The lowest BCUT2D eigenvalue weighted by atomic mass is 9.98. The Bertz CT molecular complexity index is 1470. The molecule has 0 unspecified atom stereocenters. The number of ether oxygens (including phenoxy) is 1. The van der Waals surface area contributed by atoms with Gasteiger partial charge in [0.15, 0.2) is 0 Å². The highest BCUT2D eigenvalue weighted by Gasteiger charge is 2.19. The van der Waals surface area contributed by atoms with E-state index in [2.05, 4.69) is 14.3 Å². The first kappa shape index (κ1) is 25.5. The fourth-order valence-corrected chi connectivity index (χ4v) is 5.46. The number of methoxy groups -OCH3 is 1. The highest BCUT2D eigenvalue weighted by Crippen LogP contribution is 2.31. The maximum absolute atomic E-state index is 13.2. The first-order valence-corrected chi connectivity index (χ1v) is 13.1. The lowest BCUT2D eigenvalue weighted by Crippen LogP contribution is -2.26. The van der Waals surface area contributed by atoms with Crippen molar-refractivity contribution in [2.24, 2.45) is 0 Å². The van der Waals surface area contributed by atoms with Crippen LogP contribution in [0.1, 0.15) is 28.8 Å². The van der Waals surface area contributed by atoms with Gasteiger partial charge in [-0.1, -0.05) is 18.2 Å². The molecule has 2 aromatic carbocycles. The fourth-order valence-electron chi connectivity index (χ4n) is 4.43. The smallest absolute Gasteiger partial charge is 0.307 e. The molecule has 0 saturated heterocycles. The molecule has 0 amide bonds. The second kappa shape index (κ2) is 11.0. The SMILES string of the molecule is COC(=O)CCn1c(C)c(Cc2cccnc2)c2c(CCNS(=O)(=O)c3ccc(F)cc3)cccc21. The summed E-state index contributed by atoms with van der Waals surface area (Å²) >= 11 is 0. The van der Waals surface area contributed by atoms with Crippen LogP contribution in [0.3, 0.4) is 0 Å². The van der Waals surface area contributed by atoms with Crippen molar-refractivity contribution >= 4 is 26.9 Å². The number of fused-ring (bicyclic) bond motifs is 1. The highest BCUT2D eigenvalue weighted by molar-refractivity contribution is 7.89. The standard InChI is InChI=1S/C27H28FN3O4S/c1-19-24(17-20-5-4-14-29-18-20)27-21(6-3-7-25(27)31(19)16-13-26(32)35-2)12-15-30-36(33,34)23-10-8-22(28)9-11-23/h3-11,14,18,30H,12-13,15-17H2,1-2H3. The maximum atomic E-state index is 13.2. The van der Waals surface area contributed by atoms with E-state index >= 15 is 0 Å². The third-order valence-corrected chi connectivity index (χ3v) is 7.72. The average Bonchev–Trinajstić information content (AvgIpc) is 3.14. The number of carbonyl (C=O) groups excluding carboxylic acids is 1. The van der Waals surface area contributed by atoms with E-state index in [0.717, 1.165) is 45.4 Å². The first-order valence-electron chi connectivity index (χ1n) is 11.6. The van der Waals surface area contributed by atoms with Gasteiger partial charge in [-0.3, -0.25) is 9.78 Å². The van der Waals surface area contributed by atoms with Gasteiger partial charge in [-0.2, -0.15) is 0 Å². The number of sulfonamides is 1. The van der Waals surface area contributed by atoms with E-state index in [1.807, 2.05) is 43.5 Å². The van der Waals surface area contributed by atoms with Crippen molar-refractivity contribution in [3.8, 4) is 0 Å². The fraction of sp³-hybridized carbons (Fsp3) is 0.259. The molecule has 1 N–H and O–H groups in total. The second-order valence-corrected chi connectivity index (χ2v) is 10.3. The Hall–Kier alpha value is -3.56. The van der Waals surface area contributed by atoms with Crippen LogP contribution in [0, 0.1) is 12.7 Å². The van der Waals surface area contributed by atoms with Gasteiger partial charge in [0.25, 0.3) is 0 Å². The number of aromatic nitrogens is 2. The van der Waals surface area contributed by atoms with E-state index in [1.54, 1.807) is 6.20 Å². The zero-order chi connectivity index (χ0) is 25.7. The van der Waals surface area contributed by atoms with E-state index in [-0.39, 0.29) is 23.8 Å². The van der Waals surface area contributed by atoms with E-state index in [9.17, 15) is 17.6 Å². The minimum absolute atomic E-state index is 0.0178. The molecule has 0 aliphatic carbocycles. The lowest BCUT2D eigenvalue weighted by Gasteiger charge is -2.10. The molecule has 0 bridgehead atoms. The van der Waals surface area contributed by atoms with E-state index < -0.39 is 15.8 Å². The van der Waals surface area contributed by atoms with Crippen LogP contribution >= 0.6 is 0 Å². The number of nitrogens with zero attached hydrogens (tertiary/aromatic N) is 2. The quantitative estimate of drug-likeness (QED) is 0.324. The predicted molar refractivity (Wildman–Crippen MR) is 136 cm³/mol. The summed E-state index contributed by atoms with van der Waals surface area (Å²) in [6.45, 7) is 2.68. The molecule has 0 atom stereocenters. The monoisotopic (exact) mass is 509 g/mol. The second-order valence-electron chi connectivity index (χ2n) is 8.49. The van der Waals surface area contributed by atoms with E-state index in [1.165, 1.54) is 19.2 Å². The predicted octanol–water partition coefficient (Wildman–Crippen LogP) is 4.16. The van der Waals surface area contributed by atoms with Gasteiger partial charge in [-0.25, -0.2) is 17.5 Å². The summed E-state index contributed by atoms with van der Waals surface area (Å²) in [5.74, 6) is -0.773. The number of hydrogen-bond donors (Lipinski definition) is 1. The number of rotatable bonds is 10. The largest absolute Gasteiger partial charge is 0.469 e. The van der Waals surface area contributed by atoms with Crippen molar-refractivity contribution < 1.29 is 22.3 Å². The molecule has 0 aliphatic heterocycles. The minimum atomic E-state index is -3.76. The summed E-state index contributed by atoms with van der Waals surface area (Å²) in [4.78, 5) is 16.1. The van der Waals surface area contributed by atoms with Crippen molar-refractivity contribution in [2.45, 2.75) is 37.6 Å². The Morgan fingerprint density at radius 2 is 1.89 bits per heavy atom. The number of halogens is 1. The first-order chi connectivity index (χ1) is 17.3. The summed E-state index contributed by atoms with van der Waals surface area (Å²) in [5.41, 5.74) is 5.18. The molecule has 0 saturated carbocycles. The molecule has 36 heavy (non-hydrogen) atoms. The Morgan fingerprint density at radius 1 is 1.11 bits per heavy atom. The summed E-state index contributed by atoms with van der Waals surface area (Å²) < 4.78 is 48.1. The topological polar surface area (TPSA) is 90.3 Å².